The van der Waals surface area contributed by atoms with Gasteiger partial charge in [0.25, 0.3) is 5.19 Å². The molecule has 142 valence electrons. The summed E-state index contributed by atoms with van der Waals surface area (Å²) in [5.41, 5.74) is 2.08. The van der Waals surface area contributed by atoms with E-state index in [1.165, 1.54) is 5.39 Å². The predicted octanol–water partition coefficient (Wildman–Crippen LogP) is 4.32. The predicted molar refractivity (Wildman–Crippen MR) is 112 cm³/mol. The normalized spacial score (nSPS) is 15.4. The first-order chi connectivity index (χ1) is 13.8. The van der Waals surface area contributed by atoms with E-state index in [4.69, 9.17) is 4.74 Å². The Labute approximate surface area is 167 Å². The molecule has 1 aliphatic heterocycles. The third-order valence-corrected chi connectivity index (χ3v) is 6.25. The lowest BCUT2D eigenvalue weighted by Crippen LogP contribution is -2.43. The lowest BCUT2D eigenvalue weighted by atomic mass is 10.1. The summed E-state index contributed by atoms with van der Waals surface area (Å²) in [5.74, 6) is 0.166. The minimum Gasteiger partial charge on any atom is -0.467 e. The van der Waals surface area contributed by atoms with Crippen LogP contribution in [0.4, 0.5) is 0 Å². The molecule has 2 aromatic heterocycles. The first-order valence-electron chi connectivity index (χ1n) is 9.60. The number of hydrogen-bond donors (Lipinski definition) is 0. The first kappa shape index (κ1) is 17.3. The van der Waals surface area contributed by atoms with E-state index in [1.807, 2.05) is 46.0 Å². The zero-order valence-electron chi connectivity index (χ0n) is 15.5. The molecule has 3 heterocycles. The fraction of sp³-hybridized carbons (Fsp3) is 0.273. The zero-order chi connectivity index (χ0) is 18.9. The minimum atomic E-state index is 0.122. The molecule has 0 N–H and O–H groups in total. The van der Waals surface area contributed by atoms with Gasteiger partial charge in [0, 0.05) is 37.6 Å². The number of para-hydroxylation sites is 2. The summed E-state index contributed by atoms with van der Waals surface area (Å²) in [6.07, 6.45) is 3.80. The molecule has 5 nitrogen and oxygen atoms in total. The number of piperidine rings is 1. The number of carbonyl (C=O) groups is 1. The lowest BCUT2D eigenvalue weighted by Gasteiger charge is -2.31. The van der Waals surface area contributed by atoms with E-state index in [1.54, 1.807) is 11.3 Å². The van der Waals surface area contributed by atoms with E-state index in [9.17, 15) is 4.79 Å². The Balaban J connectivity index is 1.19. The largest absolute Gasteiger partial charge is 0.467 e. The number of nitrogens with zero attached hydrogens (tertiary/aromatic N) is 3. The van der Waals surface area contributed by atoms with Crippen molar-refractivity contribution in [1.29, 1.82) is 0 Å². The second kappa shape index (κ2) is 7.28. The van der Waals surface area contributed by atoms with Crippen LogP contribution in [0, 0.1) is 0 Å². The van der Waals surface area contributed by atoms with Crippen molar-refractivity contribution < 1.29 is 9.53 Å². The monoisotopic (exact) mass is 391 g/mol. The van der Waals surface area contributed by atoms with E-state index in [2.05, 4.69) is 29.2 Å². The number of thiazole rings is 1. The van der Waals surface area contributed by atoms with Gasteiger partial charge in [-0.05, 0) is 29.7 Å². The Hall–Kier alpha value is -2.86. The summed E-state index contributed by atoms with van der Waals surface area (Å²) >= 11 is 1.58. The standard InChI is InChI=1S/C22H21N3O2S/c26-21(15-25-12-9-16-5-1-3-7-19(16)25)24-13-10-17(11-14-24)27-22-23-18-6-2-4-8-20(18)28-22/h1-9,12,17H,10-11,13-15H2. The van der Waals surface area contributed by atoms with Crippen LogP contribution in [-0.2, 0) is 11.3 Å². The highest BCUT2D eigenvalue weighted by atomic mass is 32.1. The number of carbonyl (C=O) groups excluding carboxylic acids is 1. The number of aromatic nitrogens is 2. The molecule has 4 aromatic rings. The van der Waals surface area contributed by atoms with Crippen LogP contribution in [-0.4, -0.2) is 39.6 Å². The van der Waals surface area contributed by atoms with Crippen LogP contribution in [0.25, 0.3) is 21.1 Å². The average Bonchev–Trinajstić information content (AvgIpc) is 3.32. The van der Waals surface area contributed by atoms with Crippen LogP contribution in [0.1, 0.15) is 12.8 Å². The van der Waals surface area contributed by atoms with Crippen molar-refractivity contribution in [2.24, 2.45) is 0 Å². The van der Waals surface area contributed by atoms with Gasteiger partial charge in [-0.15, -0.1) is 0 Å². The van der Waals surface area contributed by atoms with Gasteiger partial charge in [0.05, 0.1) is 10.2 Å². The summed E-state index contributed by atoms with van der Waals surface area (Å²) < 4.78 is 9.27. The number of fused-ring (bicyclic) bond motifs is 2. The Morgan fingerprint density at radius 1 is 1.07 bits per heavy atom. The van der Waals surface area contributed by atoms with Gasteiger partial charge in [0.1, 0.15) is 12.6 Å². The molecule has 0 spiro atoms. The molecule has 0 aliphatic carbocycles. The fourth-order valence-electron chi connectivity index (χ4n) is 3.79. The number of ether oxygens (including phenoxy) is 1. The van der Waals surface area contributed by atoms with Crippen LogP contribution in [0.2, 0.25) is 0 Å². The van der Waals surface area contributed by atoms with Crippen LogP contribution in [0.15, 0.2) is 60.8 Å². The maximum absolute atomic E-state index is 12.7. The zero-order valence-corrected chi connectivity index (χ0v) is 16.3. The van der Waals surface area contributed by atoms with Crippen LogP contribution >= 0.6 is 11.3 Å². The highest BCUT2D eigenvalue weighted by molar-refractivity contribution is 7.20. The van der Waals surface area contributed by atoms with Crippen molar-refractivity contribution in [2.45, 2.75) is 25.5 Å². The molecule has 28 heavy (non-hydrogen) atoms. The summed E-state index contributed by atoms with van der Waals surface area (Å²) in [6.45, 7) is 1.85. The van der Waals surface area contributed by atoms with Crippen molar-refractivity contribution in [1.82, 2.24) is 14.5 Å². The molecule has 1 saturated heterocycles. The maximum atomic E-state index is 12.7. The van der Waals surface area contributed by atoms with E-state index < -0.39 is 0 Å². The topological polar surface area (TPSA) is 47.4 Å². The summed E-state index contributed by atoms with van der Waals surface area (Å²) in [7, 11) is 0. The molecule has 2 aromatic carbocycles. The van der Waals surface area contributed by atoms with Gasteiger partial charge in [-0.1, -0.05) is 41.7 Å². The molecule has 0 radical (unpaired) electrons. The van der Waals surface area contributed by atoms with Crippen LogP contribution in [0.3, 0.4) is 0 Å². The molecular weight excluding hydrogens is 370 g/mol. The Kier molecular flexibility index (Phi) is 4.49. The smallest absolute Gasteiger partial charge is 0.274 e. The van der Waals surface area contributed by atoms with E-state index in [-0.39, 0.29) is 12.0 Å². The number of likely N-dealkylation sites (tertiary alicyclic amines) is 1. The number of benzene rings is 2. The molecule has 1 fully saturated rings. The molecule has 0 atom stereocenters. The summed E-state index contributed by atoms with van der Waals surface area (Å²) in [5, 5.41) is 1.89. The quantitative estimate of drug-likeness (QED) is 0.520. The van der Waals surface area contributed by atoms with Gasteiger partial charge in [0.15, 0.2) is 0 Å². The molecule has 6 heteroatoms. The second-order valence-corrected chi connectivity index (χ2v) is 8.14. The van der Waals surface area contributed by atoms with Crippen molar-refractivity contribution >= 4 is 38.4 Å². The number of rotatable bonds is 4. The van der Waals surface area contributed by atoms with Gasteiger partial charge in [0.2, 0.25) is 5.91 Å². The van der Waals surface area contributed by atoms with E-state index in [0.29, 0.717) is 6.54 Å². The van der Waals surface area contributed by atoms with E-state index >= 15 is 0 Å². The number of hydrogen-bond acceptors (Lipinski definition) is 4. The molecule has 1 aliphatic rings. The van der Waals surface area contributed by atoms with Gasteiger partial charge in [-0.25, -0.2) is 4.98 Å². The average molecular weight is 391 g/mol. The Bertz CT molecular complexity index is 1090. The SMILES string of the molecule is O=C(Cn1ccc2ccccc21)N1CCC(Oc2nc3ccccc3s2)CC1. The summed E-state index contributed by atoms with van der Waals surface area (Å²) in [6, 6.07) is 18.3. The second-order valence-electron chi connectivity index (χ2n) is 7.15. The van der Waals surface area contributed by atoms with Crippen LogP contribution < -0.4 is 4.74 Å². The minimum absolute atomic E-state index is 0.122. The van der Waals surface area contributed by atoms with Crippen molar-refractivity contribution in [3.63, 3.8) is 0 Å². The maximum Gasteiger partial charge on any atom is 0.274 e. The third-order valence-electron chi connectivity index (χ3n) is 5.32. The molecular formula is C22H21N3O2S. The Morgan fingerprint density at radius 3 is 2.71 bits per heavy atom. The first-order valence-corrected chi connectivity index (χ1v) is 10.4. The Morgan fingerprint density at radius 2 is 1.86 bits per heavy atom. The molecule has 1 amide bonds. The van der Waals surface area contributed by atoms with Gasteiger partial charge in [-0.2, -0.15) is 0 Å². The number of amides is 1. The van der Waals surface area contributed by atoms with Crippen molar-refractivity contribution in [3.8, 4) is 5.19 Å². The fourth-order valence-corrected chi connectivity index (χ4v) is 4.67. The van der Waals surface area contributed by atoms with Gasteiger partial charge in [-0.3, -0.25) is 4.79 Å². The third kappa shape index (κ3) is 3.36. The highest BCUT2D eigenvalue weighted by Crippen LogP contribution is 2.29. The van der Waals surface area contributed by atoms with Crippen molar-refractivity contribution in [2.75, 3.05) is 13.1 Å². The van der Waals surface area contributed by atoms with Gasteiger partial charge < -0.3 is 14.2 Å². The van der Waals surface area contributed by atoms with Gasteiger partial charge >= 0.3 is 0 Å². The van der Waals surface area contributed by atoms with Crippen molar-refractivity contribution in [3.05, 3.63) is 60.8 Å². The highest BCUT2D eigenvalue weighted by Gasteiger charge is 2.25. The molecule has 0 unspecified atom stereocenters. The summed E-state index contributed by atoms with van der Waals surface area (Å²) in [4.78, 5) is 19.2. The van der Waals surface area contributed by atoms with E-state index in [0.717, 1.165) is 46.9 Å². The molecule has 0 bridgehead atoms. The molecule has 0 saturated carbocycles. The molecule has 5 rings (SSSR count). The van der Waals surface area contributed by atoms with Crippen LogP contribution in [0.5, 0.6) is 5.19 Å². The lowest BCUT2D eigenvalue weighted by molar-refractivity contribution is -0.133.